The zero-order chi connectivity index (χ0) is 17.3. The molecule has 0 saturated carbocycles. The molecule has 0 aliphatic rings. The predicted octanol–water partition coefficient (Wildman–Crippen LogP) is 1.38. The van der Waals surface area contributed by atoms with E-state index in [9.17, 15) is 9.59 Å². The molecule has 0 saturated heterocycles. The van der Waals surface area contributed by atoms with E-state index in [0.29, 0.717) is 23.0 Å². The van der Waals surface area contributed by atoms with E-state index in [4.69, 9.17) is 0 Å². The smallest absolute Gasteiger partial charge is 0.259 e. The highest BCUT2D eigenvalue weighted by atomic mass is 16.2. The van der Waals surface area contributed by atoms with E-state index in [1.807, 2.05) is 43.3 Å². The molecule has 1 aromatic carbocycles. The number of rotatable bonds is 4. The lowest BCUT2D eigenvalue weighted by atomic mass is 10.1. The lowest BCUT2D eigenvalue weighted by Gasteiger charge is -2.12. The molecule has 0 aliphatic heterocycles. The van der Waals surface area contributed by atoms with E-state index in [1.165, 1.54) is 4.57 Å². The van der Waals surface area contributed by atoms with Crippen molar-refractivity contribution in [2.24, 2.45) is 7.05 Å². The van der Waals surface area contributed by atoms with Gasteiger partial charge < -0.3 is 14.8 Å². The van der Waals surface area contributed by atoms with Gasteiger partial charge in [-0.25, -0.2) is 4.98 Å². The molecule has 0 atom stereocenters. The molecule has 6 nitrogen and oxygen atoms in total. The van der Waals surface area contributed by atoms with E-state index in [0.717, 1.165) is 17.4 Å². The highest BCUT2D eigenvalue weighted by molar-refractivity contribution is 6.07. The summed E-state index contributed by atoms with van der Waals surface area (Å²) in [7, 11) is 5.54. The second kappa shape index (κ2) is 6.41. The zero-order valence-corrected chi connectivity index (χ0v) is 14.0. The minimum atomic E-state index is -0.222. The lowest BCUT2D eigenvalue weighted by Crippen LogP contribution is -2.32. The molecule has 0 aliphatic carbocycles. The van der Waals surface area contributed by atoms with Crippen molar-refractivity contribution in [1.29, 1.82) is 0 Å². The first-order valence-corrected chi connectivity index (χ1v) is 7.79. The van der Waals surface area contributed by atoms with Crippen LogP contribution < -0.4 is 10.9 Å². The van der Waals surface area contributed by atoms with Gasteiger partial charge in [0.25, 0.3) is 11.5 Å². The molecule has 1 amide bonds. The molecule has 3 aromatic rings. The summed E-state index contributed by atoms with van der Waals surface area (Å²) in [6.45, 7) is 1.27. The van der Waals surface area contributed by atoms with Crippen LogP contribution in [-0.4, -0.2) is 47.5 Å². The maximum absolute atomic E-state index is 12.6. The average Bonchev–Trinajstić information content (AvgIpc) is 2.56. The fraction of sp³-hybridized carbons (Fsp3) is 0.278. The van der Waals surface area contributed by atoms with Gasteiger partial charge in [-0.3, -0.25) is 9.59 Å². The van der Waals surface area contributed by atoms with Gasteiger partial charge in [0.2, 0.25) is 0 Å². The summed E-state index contributed by atoms with van der Waals surface area (Å²) in [5.74, 6) is -0.222. The summed E-state index contributed by atoms with van der Waals surface area (Å²) < 4.78 is 1.43. The number of carbonyl (C=O) groups is 1. The average molecular weight is 324 g/mol. The molecule has 24 heavy (non-hydrogen) atoms. The standard InChI is InChI=1S/C18H20N4O2/c1-21(2)9-8-19-17(23)14-11-22(3)18(24)13-10-12-6-4-5-7-15(12)20-16(13)14/h4-7,10-11H,8-9H2,1-3H3,(H,19,23). The Morgan fingerprint density at radius 2 is 2.04 bits per heavy atom. The van der Waals surface area contributed by atoms with E-state index in [1.54, 1.807) is 19.3 Å². The van der Waals surface area contributed by atoms with Gasteiger partial charge in [-0.15, -0.1) is 0 Å². The normalized spacial score (nSPS) is 11.3. The van der Waals surface area contributed by atoms with E-state index in [-0.39, 0.29) is 11.5 Å². The first-order chi connectivity index (χ1) is 11.5. The molecule has 2 aromatic heterocycles. The van der Waals surface area contributed by atoms with Gasteiger partial charge in [-0.05, 0) is 26.2 Å². The van der Waals surface area contributed by atoms with Gasteiger partial charge in [0, 0.05) is 31.7 Å². The molecule has 0 fully saturated rings. The quantitative estimate of drug-likeness (QED) is 0.736. The third kappa shape index (κ3) is 3.00. The minimum absolute atomic E-state index is 0.159. The summed E-state index contributed by atoms with van der Waals surface area (Å²) in [5.41, 5.74) is 1.46. The summed E-state index contributed by atoms with van der Waals surface area (Å²) in [4.78, 5) is 31.5. The van der Waals surface area contributed by atoms with Crippen LogP contribution in [0, 0.1) is 0 Å². The topological polar surface area (TPSA) is 67.2 Å². The van der Waals surface area contributed by atoms with Gasteiger partial charge >= 0.3 is 0 Å². The number of aryl methyl sites for hydroxylation is 1. The van der Waals surface area contributed by atoms with Crippen LogP contribution >= 0.6 is 0 Å². The van der Waals surface area contributed by atoms with Crippen molar-refractivity contribution >= 4 is 27.7 Å². The number of para-hydroxylation sites is 1. The van der Waals surface area contributed by atoms with Crippen LogP contribution in [0.3, 0.4) is 0 Å². The van der Waals surface area contributed by atoms with E-state index < -0.39 is 0 Å². The Kier molecular flexibility index (Phi) is 4.31. The highest BCUT2D eigenvalue weighted by Gasteiger charge is 2.15. The fourth-order valence-electron chi connectivity index (χ4n) is 2.64. The summed E-state index contributed by atoms with van der Waals surface area (Å²) in [5, 5.41) is 4.22. The molecular formula is C18H20N4O2. The number of nitrogens with one attached hydrogen (secondary N) is 1. The molecule has 2 heterocycles. The van der Waals surface area contributed by atoms with Gasteiger partial charge in [0.05, 0.1) is 22.0 Å². The highest BCUT2D eigenvalue weighted by Crippen LogP contribution is 2.19. The van der Waals surface area contributed by atoms with Gasteiger partial charge in [0.1, 0.15) is 0 Å². The van der Waals surface area contributed by atoms with Crippen LogP contribution in [0.15, 0.2) is 41.3 Å². The largest absolute Gasteiger partial charge is 0.351 e. The van der Waals surface area contributed by atoms with Crippen molar-refractivity contribution in [2.45, 2.75) is 0 Å². The zero-order valence-electron chi connectivity index (χ0n) is 14.0. The number of nitrogens with zero attached hydrogens (tertiary/aromatic N) is 3. The third-order valence-corrected chi connectivity index (χ3v) is 3.94. The third-order valence-electron chi connectivity index (χ3n) is 3.94. The Labute approximate surface area is 139 Å². The number of pyridine rings is 2. The predicted molar refractivity (Wildman–Crippen MR) is 95.4 cm³/mol. The fourth-order valence-corrected chi connectivity index (χ4v) is 2.64. The van der Waals surface area contributed by atoms with Gasteiger partial charge in [0.15, 0.2) is 0 Å². The van der Waals surface area contributed by atoms with E-state index in [2.05, 4.69) is 10.3 Å². The number of amides is 1. The maximum Gasteiger partial charge on any atom is 0.259 e. The van der Waals surface area contributed by atoms with Crippen molar-refractivity contribution in [1.82, 2.24) is 19.8 Å². The SMILES string of the molecule is CN(C)CCNC(=O)c1cn(C)c(=O)c2cc3ccccc3nc12. The van der Waals surface area contributed by atoms with Crippen molar-refractivity contribution in [2.75, 3.05) is 27.2 Å². The first kappa shape index (κ1) is 16.1. The Morgan fingerprint density at radius 1 is 1.29 bits per heavy atom. The van der Waals surface area contributed by atoms with Gasteiger partial charge in [-0.2, -0.15) is 0 Å². The maximum atomic E-state index is 12.6. The Balaban J connectivity index is 2.13. The van der Waals surface area contributed by atoms with Crippen LogP contribution in [0.25, 0.3) is 21.8 Å². The molecule has 0 radical (unpaired) electrons. The second-order valence-corrected chi connectivity index (χ2v) is 6.10. The van der Waals surface area contributed by atoms with Crippen LogP contribution in [0.1, 0.15) is 10.4 Å². The van der Waals surface area contributed by atoms with E-state index >= 15 is 0 Å². The lowest BCUT2D eigenvalue weighted by molar-refractivity contribution is 0.0952. The van der Waals surface area contributed by atoms with Crippen LogP contribution in [-0.2, 0) is 7.05 Å². The number of likely N-dealkylation sites (N-methyl/N-ethyl adjacent to an activating group) is 1. The summed E-state index contributed by atoms with van der Waals surface area (Å²) in [6.07, 6.45) is 1.55. The molecule has 3 rings (SSSR count). The number of carbonyl (C=O) groups excluding carboxylic acids is 1. The molecule has 124 valence electrons. The Hall–Kier alpha value is -2.73. The van der Waals surface area contributed by atoms with Gasteiger partial charge in [-0.1, -0.05) is 18.2 Å². The molecule has 0 spiro atoms. The molecule has 1 N–H and O–H groups in total. The number of hydrogen-bond donors (Lipinski definition) is 1. The number of aromatic nitrogens is 2. The summed E-state index contributed by atoms with van der Waals surface area (Å²) in [6, 6.07) is 9.37. The molecule has 0 unspecified atom stereocenters. The number of hydrogen-bond acceptors (Lipinski definition) is 4. The van der Waals surface area contributed by atoms with Crippen molar-refractivity contribution in [3.63, 3.8) is 0 Å². The molecular weight excluding hydrogens is 304 g/mol. The van der Waals surface area contributed by atoms with Crippen molar-refractivity contribution < 1.29 is 4.79 Å². The second-order valence-electron chi connectivity index (χ2n) is 6.10. The molecule has 6 heteroatoms. The minimum Gasteiger partial charge on any atom is -0.351 e. The molecule has 0 bridgehead atoms. The monoisotopic (exact) mass is 324 g/mol. The summed E-state index contributed by atoms with van der Waals surface area (Å²) >= 11 is 0. The van der Waals surface area contributed by atoms with Crippen molar-refractivity contribution in [3.05, 3.63) is 52.4 Å². The van der Waals surface area contributed by atoms with Crippen LogP contribution in [0.2, 0.25) is 0 Å². The van der Waals surface area contributed by atoms with Crippen molar-refractivity contribution in [3.8, 4) is 0 Å². The Bertz CT molecular complexity index is 976. The first-order valence-electron chi connectivity index (χ1n) is 7.79. The Morgan fingerprint density at radius 3 is 2.79 bits per heavy atom. The van der Waals surface area contributed by atoms with Crippen LogP contribution in [0.4, 0.5) is 0 Å². The number of benzene rings is 1. The van der Waals surface area contributed by atoms with Crippen LogP contribution in [0.5, 0.6) is 0 Å². The number of fused-ring (bicyclic) bond motifs is 2.